The van der Waals surface area contributed by atoms with E-state index >= 15 is 0 Å². The van der Waals surface area contributed by atoms with Crippen LogP contribution in [0.1, 0.15) is 25.1 Å². The zero-order valence-electron chi connectivity index (χ0n) is 11.3. The Morgan fingerprint density at radius 1 is 1.28 bits per heavy atom. The van der Waals surface area contributed by atoms with Crippen molar-refractivity contribution in [2.24, 2.45) is 5.73 Å². The standard InChI is InChI=1S/C14H24N4/c1-2-7-17-8-10-18(11-9-17)14(12-15)13-5-3-4-6-16-13/h3-6,14H,2,7-12,15H2,1H3. The van der Waals surface area contributed by atoms with E-state index in [1.54, 1.807) is 0 Å². The normalized spacial score (nSPS) is 19.9. The molecule has 1 aromatic heterocycles. The van der Waals surface area contributed by atoms with Crippen molar-refractivity contribution in [3.05, 3.63) is 30.1 Å². The predicted molar refractivity (Wildman–Crippen MR) is 74.3 cm³/mol. The summed E-state index contributed by atoms with van der Waals surface area (Å²) in [4.78, 5) is 9.44. The zero-order valence-corrected chi connectivity index (χ0v) is 11.3. The Bertz CT molecular complexity index is 333. The van der Waals surface area contributed by atoms with E-state index in [0.29, 0.717) is 6.54 Å². The Labute approximate surface area is 110 Å². The summed E-state index contributed by atoms with van der Waals surface area (Å²) >= 11 is 0. The number of hydrogen-bond donors (Lipinski definition) is 1. The number of aromatic nitrogens is 1. The fourth-order valence-corrected chi connectivity index (χ4v) is 2.64. The summed E-state index contributed by atoms with van der Waals surface area (Å²) in [6, 6.07) is 6.35. The van der Waals surface area contributed by atoms with Crippen molar-refractivity contribution in [1.82, 2.24) is 14.8 Å². The summed E-state index contributed by atoms with van der Waals surface area (Å²) in [5, 5.41) is 0. The lowest BCUT2D eigenvalue weighted by Gasteiger charge is -2.38. The van der Waals surface area contributed by atoms with Gasteiger partial charge in [0, 0.05) is 38.9 Å². The monoisotopic (exact) mass is 248 g/mol. The average Bonchev–Trinajstić information content (AvgIpc) is 2.43. The van der Waals surface area contributed by atoms with Gasteiger partial charge in [-0.2, -0.15) is 0 Å². The SMILES string of the molecule is CCCN1CCN(C(CN)c2ccccn2)CC1. The summed E-state index contributed by atoms with van der Waals surface area (Å²) < 4.78 is 0. The number of pyridine rings is 1. The molecule has 0 bridgehead atoms. The molecule has 2 rings (SSSR count). The van der Waals surface area contributed by atoms with Crippen LogP contribution in [-0.2, 0) is 0 Å². The number of nitrogens with two attached hydrogens (primary N) is 1. The third kappa shape index (κ3) is 3.28. The molecule has 2 N–H and O–H groups in total. The molecule has 4 heteroatoms. The molecule has 1 aromatic rings. The van der Waals surface area contributed by atoms with E-state index in [2.05, 4.69) is 27.8 Å². The molecule has 4 nitrogen and oxygen atoms in total. The fourth-order valence-electron chi connectivity index (χ4n) is 2.64. The second kappa shape index (κ2) is 6.83. The van der Waals surface area contributed by atoms with Gasteiger partial charge in [0.25, 0.3) is 0 Å². The van der Waals surface area contributed by atoms with Crippen molar-refractivity contribution >= 4 is 0 Å². The minimum atomic E-state index is 0.273. The van der Waals surface area contributed by atoms with Gasteiger partial charge in [0.1, 0.15) is 0 Å². The van der Waals surface area contributed by atoms with E-state index in [-0.39, 0.29) is 6.04 Å². The van der Waals surface area contributed by atoms with Crippen molar-refractivity contribution in [2.75, 3.05) is 39.3 Å². The molecule has 0 spiro atoms. The van der Waals surface area contributed by atoms with Crippen molar-refractivity contribution in [3.63, 3.8) is 0 Å². The lowest BCUT2D eigenvalue weighted by Crippen LogP contribution is -2.49. The molecule has 0 aliphatic carbocycles. The maximum Gasteiger partial charge on any atom is 0.0645 e. The smallest absolute Gasteiger partial charge is 0.0645 e. The fraction of sp³-hybridized carbons (Fsp3) is 0.643. The lowest BCUT2D eigenvalue weighted by atomic mass is 10.1. The van der Waals surface area contributed by atoms with Crippen molar-refractivity contribution < 1.29 is 0 Å². The first-order chi connectivity index (χ1) is 8.85. The molecule has 100 valence electrons. The summed E-state index contributed by atoms with van der Waals surface area (Å²) in [5.41, 5.74) is 7.03. The first-order valence-electron chi connectivity index (χ1n) is 6.92. The van der Waals surface area contributed by atoms with Crippen LogP contribution in [0.5, 0.6) is 0 Å². The molecular weight excluding hydrogens is 224 g/mol. The Morgan fingerprint density at radius 2 is 2.06 bits per heavy atom. The van der Waals surface area contributed by atoms with Crippen LogP contribution in [0.2, 0.25) is 0 Å². The zero-order chi connectivity index (χ0) is 12.8. The lowest BCUT2D eigenvalue weighted by molar-refractivity contribution is 0.0970. The van der Waals surface area contributed by atoms with Gasteiger partial charge in [-0.3, -0.25) is 9.88 Å². The van der Waals surface area contributed by atoms with Gasteiger partial charge in [0.2, 0.25) is 0 Å². The Kier molecular flexibility index (Phi) is 5.11. The van der Waals surface area contributed by atoms with E-state index in [9.17, 15) is 0 Å². The molecule has 1 saturated heterocycles. The first kappa shape index (κ1) is 13.5. The third-order valence-corrected chi connectivity index (χ3v) is 3.64. The van der Waals surface area contributed by atoms with Gasteiger partial charge in [0.15, 0.2) is 0 Å². The van der Waals surface area contributed by atoms with Gasteiger partial charge < -0.3 is 10.6 Å². The van der Waals surface area contributed by atoms with Gasteiger partial charge in [-0.05, 0) is 25.1 Å². The van der Waals surface area contributed by atoms with Crippen molar-refractivity contribution in [2.45, 2.75) is 19.4 Å². The molecule has 0 saturated carbocycles. The van der Waals surface area contributed by atoms with Crippen molar-refractivity contribution in [1.29, 1.82) is 0 Å². The molecule has 2 heterocycles. The quantitative estimate of drug-likeness (QED) is 0.848. The summed E-state index contributed by atoms with van der Waals surface area (Å²) in [6.45, 7) is 8.59. The number of piperazine rings is 1. The molecule has 1 aliphatic heterocycles. The van der Waals surface area contributed by atoms with Crippen LogP contribution in [0.4, 0.5) is 0 Å². The highest BCUT2D eigenvalue weighted by Crippen LogP contribution is 2.19. The number of rotatable bonds is 5. The van der Waals surface area contributed by atoms with Crippen LogP contribution in [0.25, 0.3) is 0 Å². The van der Waals surface area contributed by atoms with Crippen LogP contribution in [0.15, 0.2) is 24.4 Å². The Hall–Kier alpha value is -0.970. The maximum absolute atomic E-state index is 5.93. The highest BCUT2D eigenvalue weighted by Gasteiger charge is 2.24. The van der Waals surface area contributed by atoms with E-state index in [1.807, 2.05) is 18.3 Å². The highest BCUT2D eigenvalue weighted by molar-refractivity contribution is 5.09. The molecular formula is C14H24N4. The molecule has 0 radical (unpaired) electrons. The first-order valence-corrected chi connectivity index (χ1v) is 6.92. The molecule has 18 heavy (non-hydrogen) atoms. The molecule has 1 unspecified atom stereocenters. The van der Waals surface area contributed by atoms with Crippen LogP contribution in [-0.4, -0.2) is 54.1 Å². The van der Waals surface area contributed by atoms with Crippen LogP contribution in [0, 0.1) is 0 Å². The van der Waals surface area contributed by atoms with Gasteiger partial charge in [-0.15, -0.1) is 0 Å². The number of hydrogen-bond acceptors (Lipinski definition) is 4. The third-order valence-electron chi connectivity index (χ3n) is 3.64. The predicted octanol–water partition coefficient (Wildman–Crippen LogP) is 1.11. The molecule has 1 fully saturated rings. The minimum Gasteiger partial charge on any atom is -0.329 e. The van der Waals surface area contributed by atoms with Gasteiger partial charge in [-0.25, -0.2) is 0 Å². The van der Waals surface area contributed by atoms with Gasteiger partial charge >= 0.3 is 0 Å². The average molecular weight is 248 g/mol. The highest BCUT2D eigenvalue weighted by atomic mass is 15.3. The van der Waals surface area contributed by atoms with E-state index in [1.165, 1.54) is 13.0 Å². The summed E-state index contributed by atoms with van der Waals surface area (Å²) in [6.07, 6.45) is 3.09. The molecule has 1 atom stereocenters. The van der Waals surface area contributed by atoms with E-state index in [4.69, 9.17) is 5.73 Å². The molecule has 0 amide bonds. The van der Waals surface area contributed by atoms with E-state index in [0.717, 1.165) is 31.9 Å². The maximum atomic E-state index is 5.93. The Balaban J connectivity index is 1.95. The van der Waals surface area contributed by atoms with Gasteiger partial charge in [-0.1, -0.05) is 13.0 Å². The van der Waals surface area contributed by atoms with Crippen LogP contribution >= 0.6 is 0 Å². The van der Waals surface area contributed by atoms with Gasteiger partial charge in [0.05, 0.1) is 11.7 Å². The largest absolute Gasteiger partial charge is 0.329 e. The molecule has 1 aliphatic rings. The van der Waals surface area contributed by atoms with E-state index < -0.39 is 0 Å². The minimum absolute atomic E-state index is 0.273. The van der Waals surface area contributed by atoms with Crippen molar-refractivity contribution in [3.8, 4) is 0 Å². The molecule has 0 aromatic carbocycles. The second-order valence-corrected chi connectivity index (χ2v) is 4.88. The second-order valence-electron chi connectivity index (χ2n) is 4.88. The van der Waals surface area contributed by atoms with Crippen LogP contribution < -0.4 is 5.73 Å². The summed E-state index contributed by atoms with van der Waals surface area (Å²) in [5.74, 6) is 0. The Morgan fingerprint density at radius 3 is 2.61 bits per heavy atom. The van der Waals surface area contributed by atoms with Crippen LogP contribution in [0.3, 0.4) is 0 Å². The topological polar surface area (TPSA) is 45.4 Å². The summed E-state index contributed by atoms with van der Waals surface area (Å²) in [7, 11) is 0. The number of nitrogens with zero attached hydrogens (tertiary/aromatic N) is 3.